The zero-order chi connectivity index (χ0) is 14.8. The molecular weight excluding hydrogens is 288 g/mol. The number of fused-ring (bicyclic) bond motifs is 2. The molecule has 6 N–H and O–H groups in total. The largest absolute Gasteiger partial charge is 0.399 e. The van der Waals surface area contributed by atoms with Crippen molar-refractivity contribution in [2.24, 2.45) is 0 Å². The monoisotopic (exact) mass is 300 g/mol. The van der Waals surface area contributed by atoms with Gasteiger partial charge in [-0.3, -0.25) is 4.79 Å². The van der Waals surface area contributed by atoms with E-state index in [0.717, 1.165) is 21.3 Å². The van der Waals surface area contributed by atoms with E-state index in [1.807, 2.05) is 12.1 Å². The number of aromatic amines is 2. The SMILES string of the molecule is Nc1ccc2[nH]c(=O)sc2c1.Nc1ccc2n[nH]nc2c1. The van der Waals surface area contributed by atoms with Gasteiger partial charge in [0.05, 0.1) is 10.2 Å². The molecule has 2 aromatic carbocycles. The van der Waals surface area contributed by atoms with Crippen LogP contribution in [0.2, 0.25) is 0 Å². The molecule has 0 unspecified atom stereocenters. The lowest BCUT2D eigenvalue weighted by Gasteiger charge is -1.89. The Kier molecular flexibility index (Phi) is 3.28. The summed E-state index contributed by atoms with van der Waals surface area (Å²) < 4.78 is 0.912. The number of hydrogen-bond acceptors (Lipinski definition) is 6. The Labute approximate surface area is 122 Å². The average molecular weight is 300 g/mol. The first kappa shape index (κ1) is 13.1. The minimum atomic E-state index is -0.0365. The summed E-state index contributed by atoms with van der Waals surface area (Å²) in [6, 6.07) is 10.8. The highest BCUT2D eigenvalue weighted by atomic mass is 32.1. The van der Waals surface area contributed by atoms with E-state index < -0.39 is 0 Å². The third kappa shape index (κ3) is 2.84. The number of nitrogen functional groups attached to an aromatic ring is 2. The van der Waals surface area contributed by atoms with Crippen LogP contribution in [0.4, 0.5) is 11.4 Å². The molecule has 106 valence electrons. The lowest BCUT2D eigenvalue weighted by Crippen LogP contribution is -1.89. The van der Waals surface area contributed by atoms with Crippen LogP contribution in [0, 0.1) is 0 Å². The lowest BCUT2D eigenvalue weighted by atomic mass is 10.3. The maximum atomic E-state index is 10.8. The van der Waals surface area contributed by atoms with Crippen LogP contribution in [0.15, 0.2) is 41.2 Å². The van der Waals surface area contributed by atoms with Crippen molar-refractivity contribution in [1.82, 2.24) is 20.4 Å². The Bertz CT molecular complexity index is 954. The Morgan fingerprint density at radius 1 is 0.952 bits per heavy atom. The van der Waals surface area contributed by atoms with E-state index >= 15 is 0 Å². The molecule has 0 spiro atoms. The minimum absolute atomic E-state index is 0.0365. The van der Waals surface area contributed by atoms with Crippen molar-refractivity contribution in [3.05, 3.63) is 46.1 Å². The maximum Gasteiger partial charge on any atom is 0.305 e. The van der Waals surface area contributed by atoms with Crippen molar-refractivity contribution in [2.75, 3.05) is 11.5 Å². The fraction of sp³-hybridized carbons (Fsp3) is 0. The number of aromatic nitrogens is 4. The van der Waals surface area contributed by atoms with Crippen LogP contribution in [0.5, 0.6) is 0 Å². The lowest BCUT2D eigenvalue weighted by molar-refractivity contribution is 0.959. The molecule has 0 atom stereocenters. The van der Waals surface area contributed by atoms with Gasteiger partial charge in [0.2, 0.25) is 0 Å². The van der Waals surface area contributed by atoms with Crippen LogP contribution in [0.25, 0.3) is 21.3 Å². The number of rotatable bonds is 0. The standard InChI is InChI=1S/C7H6N2OS.C6H6N4/c8-4-1-2-5-6(3-4)11-7(10)9-5;7-4-1-2-5-6(3-4)9-10-8-5/h1-3H,8H2,(H,9,10);1-3H,7H2,(H,8,9,10). The summed E-state index contributed by atoms with van der Waals surface area (Å²) in [6.45, 7) is 0. The number of thiazole rings is 1. The van der Waals surface area contributed by atoms with Gasteiger partial charge >= 0.3 is 4.87 Å². The fourth-order valence-electron chi connectivity index (χ4n) is 1.82. The molecule has 0 aliphatic rings. The van der Waals surface area contributed by atoms with E-state index in [4.69, 9.17) is 11.5 Å². The molecule has 21 heavy (non-hydrogen) atoms. The molecule has 0 amide bonds. The van der Waals surface area contributed by atoms with Crippen LogP contribution < -0.4 is 16.3 Å². The van der Waals surface area contributed by atoms with Crippen LogP contribution in [0.1, 0.15) is 0 Å². The van der Waals surface area contributed by atoms with Gasteiger partial charge in [0.15, 0.2) is 0 Å². The number of nitrogens with two attached hydrogens (primary N) is 2. The zero-order valence-electron chi connectivity index (χ0n) is 10.8. The van der Waals surface area contributed by atoms with Crippen LogP contribution in [0.3, 0.4) is 0 Å². The van der Waals surface area contributed by atoms with Gasteiger partial charge < -0.3 is 16.5 Å². The number of nitrogens with one attached hydrogen (secondary N) is 2. The van der Waals surface area contributed by atoms with E-state index in [0.29, 0.717) is 11.4 Å². The molecule has 0 aliphatic carbocycles. The first-order chi connectivity index (χ1) is 10.1. The molecule has 0 aliphatic heterocycles. The second-order valence-electron chi connectivity index (χ2n) is 4.34. The normalized spacial score (nSPS) is 10.5. The van der Waals surface area contributed by atoms with Gasteiger partial charge in [-0.1, -0.05) is 11.3 Å². The quantitative estimate of drug-likeness (QED) is 0.368. The van der Waals surface area contributed by atoms with Crippen LogP contribution in [-0.4, -0.2) is 20.4 Å². The van der Waals surface area contributed by atoms with Crippen molar-refractivity contribution < 1.29 is 0 Å². The first-order valence-corrected chi connectivity index (χ1v) is 6.88. The van der Waals surface area contributed by atoms with Crippen molar-refractivity contribution >= 4 is 44.0 Å². The Balaban J connectivity index is 0.000000126. The van der Waals surface area contributed by atoms with Gasteiger partial charge in [0, 0.05) is 11.4 Å². The molecule has 2 heterocycles. The van der Waals surface area contributed by atoms with Gasteiger partial charge in [-0.2, -0.15) is 15.4 Å². The second-order valence-corrected chi connectivity index (χ2v) is 5.36. The van der Waals surface area contributed by atoms with Crippen molar-refractivity contribution in [3.8, 4) is 0 Å². The Hall–Kier alpha value is -2.87. The van der Waals surface area contributed by atoms with Gasteiger partial charge in [0.25, 0.3) is 0 Å². The van der Waals surface area contributed by atoms with Gasteiger partial charge in [-0.15, -0.1) is 0 Å². The molecular formula is C13H12N6OS. The summed E-state index contributed by atoms with van der Waals surface area (Å²) in [5.74, 6) is 0. The van der Waals surface area contributed by atoms with Crippen LogP contribution >= 0.6 is 11.3 Å². The maximum absolute atomic E-state index is 10.8. The summed E-state index contributed by atoms with van der Waals surface area (Å²) >= 11 is 1.18. The molecule has 0 saturated heterocycles. The highest BCUT2D eigenvalue weighted by Crippen LogP contribution is 2.16. The molecule has 0 bridgehead atoms. The third-order valence-corrected chi connectivity index (χ3v) is 3.63. The summed E-state index contributed by atoms with van der Waals surface area (Å²) in [7, 11) is 0. The van der Waals surface area contributed by atoms with Gasteiger partial charge in [-0.25, -0.2) is 0 Å². The highest BCUT2D eigenvalue weighted by molar-refractivity contribution is 7.16. The van der Waals surface area contributed by atoms with E-state index in [9.17, 15) is 4.79 Å². The topological polar surface area (TPSA) is 126 Å². The molecule has 4 aromatic rings. The Morgan fingerprint density at radius 2 is 1.67 bits per heavy atom. The fourth-order valence-corrected chi connectivity index (χ4v) is 2.60. The number of nitrogens with zero attached hydrogens (tertiary/aromatic N) is 2. The molecule has 2 aromatic heterocycles. The number of hydrogen-bond donors (Lipinski definition) is 4. The van der Waals surface area contributed by atoms with Gasteiger partial charge in [0.1, 0.15) is 11.0 Å². The molecule has 4 rings (SSSR count). The highest BCUT2D eigenvalue weighted by Gasteiger charge is 1.97. The molecule has 0 saturated carbocycles. The summed E-state index contributed by atoms with van der Waals surface area (Å²) in [5.41, 5.74) is 14.9. The van der Waals surface area contributed by atoms with Crippen molar-refractivity contribution in [3.63, 3.8) is 0 Å². The number of benzene rings is 2. The minimum Gasteiger partial charge on any atom is -0.399 e. The van der Waals surface area contributed by atoms with E-state index in [-0.39, 0.29) is 4.87 Å². The van der Waals surface area contributed by atoms with E-state index in [1.165, 1.54) is 11.3 Å². The number of anilines is 2. The van der Waals surface area contributed by atoms with Crippen molar-refractivity contribution in [2.45, 2.75) is 0 Å². The van der Waals surface area contributed by atoms with Crippen molar-refractivity contribution in [1.29, 1.82) is 0 Å². The molecule has 0 fully saturated rings. The summed E-state index contributed by atoms with van der Waals surface area (Å²) in [4.78, 5) is 13.5. The van der Waals surface area contributed by atoms with Gasteiger partial charge in [-0.05, 0) is 36.4 Å². The summed E-state index contributed by atoms with van der Waals surface area (Å²) in [5, 5.41) is 10.2. The Morgan fingerprint density at radius 3 is 2.52 bits per heavy atom. The smallest absolute Gasteiger partial charge is 0.305 e. The average Bonchev–Trinajstić information content (AvgIpc) is 3.03. The first-order valence-electron chi connectivity index (χ1n) is 6.06. The van der Waals surface area contributed by atoms with E-state index in [2.05, 4.69) is 20.4 Å². The summed E-state index contributed by atoms with van der Waals surface area (Å²) in [6.07, 6.45) is 0. The molecule has 7 nitrogen and oxygen atoms in total. The van der Waals surface area contributed by atoms with E-state index in [1.54, 1.807) is 24.3 Å². The van der Waals surface area contributed by atoms with Crippen LogP contribution in [-0.2, 0) is 0 Å². The molecule has 0 radical (unpaired) electrons. The second kappa shape index (κ2) is 5.25. The number of H-pyrrole nitrogens is 2. The zero-order valence-corrected chi connectivity index (χ0v) is 11.6. The predicted octanol–water partition coefficient (Wildman–Crippen LogP) is 1.71. The molecule has 8 heteroatoms. The third-order valence-electron chi connectivity index (χ3n) is 2.79. The predicted molar refractivity (Wildman–Crippen MR) is 85.2 cm³/mol.